The fraction of sp³-hybridized carbons (Fsp3) is 0.754. The van der Waals surface area contributed by atoms with Crippen LogP contribution in [0.4, 0.5) is 0 Å². The Labute approximate surface area is 549 Å². The number of nitrogens with one attached hydrogen (secondary N) is 5. The number of aliphatic hydroxyl groups is 1. The molecule has 1 aromatic rings. The molecule has 1 aromatic carbocycles. The molecule has 1 saturated heterocycles. The number of alkyl halides is 2. The predicted octanol–water partition coefficient (Wildman–Crippen LogP) is 2.66. The summed E-state index contributed by atoms with van der Waals surface area (Å²) in [5, 5.41) is 25.0. The topological polar surface area (TPSA) is 302 Å². The van der Waals surface area contributed by atoms with Crippen molar-refractivity contribution in [2.75, 3.05) is 129 Å². The van der Waals surface area contributed by atoms with Crippen molar-refractivity contribution in [2.45, 2.75) is 142 Å². The quantitative estimate of drug-likeness (QED) is 0.0311. The van der Waals surface area contributed by atoms with Crippen molar-refractivity contribution in [3.63, 3.8) is 0 Å². The van der Waals surface area contributed by atoms with Gasteiger partial charge < -0.3 is 79.7 Å². The number of methoxy groups -OCH3 is 2. The zero-order chi connectivity index (χ0) is 65.9. The van der Waals surface area contributed by atoms with Gasteiger partial charge in [0.05, 0.1) is 104 Å². The van der Waals surface area contributed by atoms with Crippen LogP contribution in [-0.4, -0.2) is 250 Å². The third kappa shape index (κ3) is 28.0. The molecule has 25 nitrogen and oxygen atoms in total. The van der Waals surface area contributed by atoms with Gasteiger partial charge in [-0.1, -0.05) is 130 Å². The molecule has 1 fully saturated rings. The maximum Gasteiger partial charge on any atom is 0.249 e. The van der Waals surface area contributed by atoms with Gasteiger partial charge in [-0.3, -0.25) is 43.2 Å². The van der Waals surface area contributed by atoms with Crippen molar-refractivity contribution in [2.24, 2.45) is 23.7 Å². The highest BCUT2D eigenvalue weighted by atomic mass is 127. The summed E-state index contributed by atoms with van der Waals surface area (Å²) in [6, 6.07) is 5.58. The first-order valence-corrected chi connectivity index (χ1v) is 33.7. The Bertz CT molecular complexity index is 2260. The third-order valence-corrected chi connectivity index (χ3v) is 17.0. The molecule has 0 radical (unpaired) electrons. The molecule has 502 valence electrons. The first-order valence-electron chi connectivity index (χ1n) is 30.6. The Morgan fingerprint density at radius 1 is 0.670 bits per heavy atom. The second kappa shape index (κ2) is 44.2. The van der Waals surface area contributed by atoms with E-state index in [1.807, 2.05) is 105 Å². The minimum Gasteiger partial charge on any atom is -0.386 e. The molecule has 1 aliphatic heterocycles. The van der Waals surface area contributed by atoms with E-state index in [-0.39, 0.29) is 164 Å². The van der Waals surface area contributed by atoms with Gasteiger partial charge in [0.15, 0.2) is 0 Å². The number of hydrogen-bond acceptors (Lipinski definition) is 16. The maximum atomic E-state index is 14.7. The number of likely N-dealkylation sites (tertiary alicyclic amines) is 1. The van der Waals surface area contributed by atoms with E-state index in [1.165, 1.54) is 31.1 Å². The molecule has 7 unspecified atom stereocenters. The summed E-state index contributed by atoms with van der Waals surface area (Å²) < 4.78 is 34.9. The Balaban J connectivity index is 1.85. The Hall–Kier alpha value is -4.37. The number of carbonyl (C=O) groups is 9. The number of carbonyl (C=O) groups excluding carboxylic acids is 9. The lowest BCUT2D eigenvalue weighted by atomic mass is 9.89. The number of amides is 9. The van der Waals surface area contributed by atoms with Crippen LogP contribution in [0.2, 0.25) is 0 Å². The largest absolute Gasteiger partial charge is 0.386 e. The average Bonchev–Trinajstić information content (AvgIpc) is 2.79. The second-order valence-corrected chi connectivity index (χ2v) is 24.3. The van der Waals surface area contributed by atoms with Crippen LogP contribution in [0.5, 0.6) is 0 Å². The fourth-order valence-electron chi connectivity index (χ4n) is 10.5. The van der Waals surface area contributed by atoms with Crippen molar-refractivity contribution in [1.29, 1.82) is 0 Å². The van der Waals surface area contributed by atoms with Crippen LogP contribution in [0.1, 0.15) is 106 Å². The van der Waals surface area contributed by atoms with E-state index in [2.05, 4.69) is 26.6 Å². The standard InChI is InChI=1S/C61H103I2N9O16/c1-13-42(6)56(47(83-11)36-52(77)72-26-17-20-46(72)58(84-12)43(7)59(80)67-44(8)57(79)45-18-15-14-16-19-45)70(10)61(82)54(40(2)3)68-60(81)55(41(4)5)69(9)53(78)39-88-35-34-87-33-32-86-31-30-85-29-25-66-48(73)21-22-51(76)71(27-23-64-49(74)37-62)28-24-65-50(75)38-63/h14-16,18-19,40-44,46-47,54-58,79H,13,17,20-39H2,1-12H3,(H,64,74)(H,65,75)(H,66,73)(H,67,80)(H,68,81)/t42?,43?,44-,46?,47?,54-,55?,56?,57-,58?/m0/s1. The highest BCUT2D eigenvalue weighted by Gasteiger charge is 2.44. The monoisotopic (exact) mass is 1470 g/mol. The van der Waals surface area contributed by atoms with Crippen molar-refractivity contribution in [3.05, 3.63) is 35.9 Å². The Morgan fingerprint density at radius 2 is 1.23 bits per heavy atom. The van der Waals surface area contributed by atoms with E-state index < -0.39 is 66.3 Å². The van der Waals surface area contributed by atoms with Gasteiger partial charge >= 0.3 is 0 Å². The summed E-state index contributed by atoms with van der Waals surface area (Å²) >= 11 is 3.89. The molecule has 2 rings (SSSR count). The van der Waals surface area contributed by atoms with Crippen molar-refractivity contribution >= 4 is 98.3 Å². The second-order valence-electron chi connectivity index (χ2n) is 22.8. The van der Waals surface area contributed by atoms with E-state index in [1.54, 1.807) is 42.8 Å². The molecule has 0 bridgehead atoms. The average molecular weight is 1470 g/mol. The fourth-order valence-corrected chi connectivity index (χ4v) is 11.0. The number of aliphatic hydroxyl groups excluding tert-OH is 1. The maximum absolute atomic E-state index is 14.7. The van der Waals surface area contributed by atoms with Crippen LogP contribution in [0, 0.1) is 23.7 Å². The summed E-state index contributed by atoms with van der Waals surface area (Å²) in [6.07, 6.45) is -0.455. The summed E-state index contributed by atoms with van der Waals surface area (Å²) in [5.41, 5.74) is 0.679. The van der Waals surface area contributed by atoms with E-state index in [0.717, 1.165) is 0 Å². The minimum absolute atomic E-state index is 0.0289. The lowest BCUT2D eigenvalue weighted by Crippen LogP contribution is -2.60. The van der Waals surface area contributed by atoms with E-state index in [0.29, 0.717) is 40.2 Å². The lowest BCUT2D eigenvalue weighted by molar-refractivity contribution is -0.149. The lowest BCUT2D eigenvalue weighted by Gasteiger charge is -2.41. The smallest absolute Gasteiger partial charge is 0.249 e. The predicted molar refractivity (Wildman–Crippen MR) is 349 cm³/mol. The van der Waals surface area contributed by atoms with Gasteiger partial charge in [-0.25, -0.2) is 0 Å². The van der Waals surface area contributed by atoms with Gasteiger partial charge in [-0.05, 0) is 43.1 Å². The van der Waals surface area contributed by atoms with Gasteiger partial charge in [0.2, 0.25) is 53.2 Å². The molecule has 9 amide bonds. The molecular formula is C61H103I2N9O16. The van der Waals surface area contributed by atoms with Crippen LogP contribution in [0.3, 0.4) is 0 Å². The van der Waals surface area contributed by atoms with Crippen LogP contribution < -0.4 is 26.6 Å². The molecule has 1 aliphatic rings. The molecule has 0 aromatic heterocycles. The Morgan fingerprint density at radius 3 is 1.75 bits per heavy atom. The van der Waals surface area contributed by atoms with E-state index in [4.69, 9.17) is 28.4 Å². The van der Waals surface area contributed by atoms with Gasteiger partial charge in [-0.15, -0.1) is 0 Å². The molecule has 6 N–H and O–H groups in total. The van der Waals surface area contributed by atoms with Crippen molar-refractivity contribution in [1.82, 2.24) is 46.2 Å². The molecule has 0 saturated carbocycles. The zero-order valence-electron chi connectivity index (χ0n) is 54.0. The van der Waals surface area contributed by atoms with E-state index in [9.17, 15) is 48.3 Å². The molecule has 27 heteroatoms. The van der Waals surface area contributed by atoms with Gasteiger partial charge in [0.1, 0.15) is 18.7 Å². The van der Waals surface area contributed by atoms with Crippen molar-refractivity contribution < 1.29 is 76.7 Å². The van der Waals surface area contributed by atoms with Crippen LogP contribution in [0.15, 0.2) is 30.3 Å². The highest BCUT2D eigenvalue weighted by Crippen LogP contribution is 2.30. The van der Waals surface area contributed by atoms with E-state index >= 15 is 0 Å². The van der Waals surface area contributed by atoms with Gasteiger partial charge in [0, 0.05) is 80.4 Å². The molecule has 0 aliphatic carbocycles. The highest BCUT2D eigenvalue weighted by molar-refractivity contribution is 14.1. The van der Waals surface area contributed by atoms with Crippen LogP contribution >= 0.6 is 45.2 Å². The van der Waals surface area contributed by atoms with Gasteiger partial charge in [0.25, 0.3) is 0 Å². The summed E-state index contributed by atoms with van der Waals surface area (Å²) in [6.45, 7) is 17.8. The third-order valence-electron chi connectivity index (χ3n) is 15.7. The molecule has 1 heterocycles. The number of halogens is 2. The number of benzene rings is 1. The summed E-state index contributed by atoms with van der Waals surface area (Å²) in [7, 11) is 6.23. The molecule has 10 atom stereocenters. The molecular weight excluding hydrogens is 1370 g/mol. The minimum atomic E-state index is -0.991. The first kappa shape index (κ1) is 79.7. The summed E-state index contributed by atoms with van der Waals surface area (Å²) in [5.74, 6) is -4.22. The van der Waals surface area contributed by atoms with Crippen LogP contribution in [0.25, 0.3) is 0 Å². The number of hydrogen-bond donors (Lipinski definition) is 6. The van der Waals surface area contributed by atoms with Gasteiger partial charge in [-0.2, -0.15) is 0 Å². The number of ether oxygens (including phenoxy) is 6. The number of likely N-dealkylation sites (N-methyl/N-ethyl adjacent to an activating group) is 2. The zero-order valence-corrected chi connectivity index (χ0v) is 58.3. The van der Waals surface area contributed by atoms with Crippen LogP contribution in [-0.2, 0) is 71.6 Å². The number of nitrogens with zero attached hydrogens (tertiary/aromatic N) is 4. The number of rotatable bonds is 45. The van der Waals surface area contributed by atoms with Crippen molar-refractivity contribution in [3.8, 4) is 0 Å². The molecule has 0 spiro atoms. The first-order chi connectivity index (χ1) is 41.9. The summed E-state index contributed by atoms with van der Waals surface area (Å²) in [4.78, 5) is 125. The normalized spacial score (nSPS) is 16.3. The Kier molecular flexibility index (Phi) is 40.0. The SMILES string of the molecule is CCC(C)C(C(CC(=O)N1CCCC1C(OC)C(C)C(=O)N[C@@H](C)[C@H](O)c1ccccc1)OC)N(C)C(=O)[C@@H](NC(=O)C(C(C)C)N(C)C(=O)COCCOCCOCCOCCNC(=O)CCC(=O)N(CCNC(=O)CI)CCNC(=O)CI)C(C)C. The molecule has 88 heavy (non-hydrogen) atoms.